The number of rotatable bonds is 4. The molecule has 0 spiro atoms. The zero-order chi connectivity index (χ0) is 23.9. The molecule has 0 radical (unpaired) electrons. The van der Waals surface area contributed by atoms with Crippen molar-refractivity contribution in [1.82, 2.24) is 14.9 Å². The highest BCUT2D eigenvalue weighted by Gasteiger charge is 2.62. The number of hydrogen-bond donors (Lipinski definition) is 0. The molecule has 5 rings (SSSR count). The minimum absolute atomic E-state index is 0.0772. The van der Waals surface area contributed by atoms with Crippen LogP contribution in [-0.4, -0.2) is 20.6 Å². The maximum Gasteiger partial charge on any atom is 0.295 e. The Bertz CT molecular complexity index is 1530. The van der Waals surface area contributed by atoms with Gasteiger partial charge in [0.15, 0.2) is 13.0 Å². The van der Waals surface area contributed by atoms with Gasteiger partial charge in [-0.2, -0.15) is 15.0 Å². The Kier molecular flexibility index (Phi) is 5.28. The summed E-state index contributed by atoms with van der Waals surface area (Å²) in [6, 6.07) is 26.5. The highest BCUT2D eigenvalue weighted by molar-refractivity contribution is 7.80. The average Bonchev–Trinajstić information content (AvgIpc) is 3.23. The van der Waals surface area contributed by atoms with Crippen molar-refractivity contribution in [3.63, 3.8) is 0 Å². The smallest absolute Gasteiger partial charge is 0.295 e. The fraction of sp³-hybridized carbons (Fsp3) is 0.0800. The normalized spacial score (nSPS) is 17.0. The van der Waals surface area contributed by atoms with Crippen molar-refractivity contribution < 1.29 is 4.57 Å². The SMILES string of the molecule is Cc1nnc2n(c1=O)N=C(c1ccc(Cl)cc1)C2(C#N)P(=O)(c1ccccc1)c1ccccc1. The molecule has 7 nitrogen and oxygen atoms in total. The predicted molar refractivity (Wildman–Crippen MR) is 131 cm³/mol. The lowest BCUT2D eigenvalue weighted by atomic mass is 9.97. The largest absolute Gasteiger partial charge is 0.311 e. The molecule has 166 valence electrons. The molecule has 0 saturated carbocycles. The van der Waals surface area contributed by atoms with Gasteiger partial charge in [-0.1, -0.05) is 84.4 Å². The van der Waals surface area contributed by atoms with Crippen LogP contribution in [0.5, 0.6) is 0 Å². The standard InChI is InChI=1S/C25H17ClN5O2P/c1-17-23(32)31-24(29-28-17)25(16-27,22(30-31)18-12-14-19(26)15-13-18)34(33,20-8-4-2-5-9-20)21-10-6-3-7-11-21/h2-15H,1H3. The van der Waals surface area contributed by atoms with Crippen molar-refractivity contribution >= 4 is 35.1 Å². The third kappa shape index (κ3) is 3.00. The van der Waals surface area contributed by atoms with Crippen LogP contribution in [0.2, 0.25) is 5.02 Å². The van der Waals surface area contributed by atoms with Crippen LogP contribution in [0.25, 0.3) is 0 Å². The molecule has 0 saturated heterocycles. The summed E-state index contributed by atoms with van der Waals surface area (Å²) in [5, 5.41) is 23.1. The minimum Gasteiger partial charge on any atom is -0.311 e. The molecule has 0 bridgehead atoms. The van der Waals surface area contributed by atoms with E-state index in [0.29, 0.717) is 21.2 Å². The molecule has 1 atom stereocenters. The topological polar surface area (TPSA) is 101 Å². The molecule has 3 aromatic carbocycles. The number of aryl methyl sites for hydroxylation is 1. The Labute approximate surface area is 200 Å². The zero-order valence-corrected chi connectivity index (χ0v) is 19.6. The van der Waals surface area contributed by atoms with Gasteiger partial charge in [-0.25, -0.2) is 0 Å². The van der Waals surface area contributed by atoms with E-state index in [2.05, 4.69) is 21.4 Å². The Morgan fingerprint density at radius 1 is 0.912 bits per heavy atom. The summed E-state index contributed by atoms with van der Waals surface area (Å²) in [6.07, 6.45) is 0. The molecule has 1 aliphatic rings. The van der Waals surface area contributed by atoms with E-state index in [0.717, 1.165) is 4.68 Å². The number of hydrogen-bond acceptors (Lipinski definition) is 6. The van der Waals surface area contributed by atoms with E-state index < -0.39 is 17.9 Å². The van der Waals surface area contributed by atoms with E-state index in [9.17, 15) is 10.1 Å². The third-order valence-electron chi connectivity index (χ3n) is 5.85. The van der Waals surface area contributed by atoms with Gasteiger partial charge in [0.05, 0.1) is 6.07 Å². The second-order valence-electron chi connectivity index (χ2n) is 7.78. The second-order valence-corrected chi connectivity index (χ2v) is 11.1. The van der Waals surface area contributed by atoms with Crippen LogP contribution >= 0.6 is 18.7 Å². The average molecular weight is 486 g/mol. The van der Waals surface area contributed by atoms with Gasteiger partial charge in [0.25, 0.3) is 5.56 Å². The summed E-state index contributed by atoms with van der Waals surface area (Å²) in [4.78, 5) is 13.0. The van der Waals surface area contributed by atoms with E-state index in [1.807, 2.05) is 12.1 Å². The highest BCUT2D eigenvalue weighted by Crippen LogP contribution is 2.63. The monoisotopic (exact) mass is 485 g/mol. The molecule has 2 heterocycles. The molecule has 1 unspecified atom stereocenters. The summed E-state index contributed by atoms with van der Waals surface area (Å²) in [7, 11) is -3.89. The molecular formula is C25H17ClN5O2P. The fourth-order valence-corrected chi connectivity index (χ4v) is 7.62. The van der Waals surface area contributed by atoms with Crippen LogP contribution in [0.3, 0.4) is 0 Å². The van der Waals surface area contributed by atoms with Crippen LogP contribution in [0, 0.1) is 18.3 Å². The Hall–Kier alpha value is -3.85. The van der Waals surface area contributed by atoms with Gasteiger partial charge in [-0.15, -0.1) is 10.2 Å². The Morgan fingerprint density at radius 3 is 2.00 bits per heavy atom. The number of aromatic nitrogens is 3. The van der Waals surface area contributed by atoms with Crippen LogP contribution in [0.1, 0.15) is 17.1 Å². The first-order valence-electron chi connectivity index (χ1n) is 10.4. The lowest BCUT2D eigenvalue weighted by molar-refractivity contribution is 0.574. The molecule has 0 amide bonds. The van der Waals surface area contributed by atoms with Crippen molar-refractivity contribution in [1.29, 1.82) is 5.26 Å². The summed E-state index contributed by atoms with van der Waals surface area (Å²) >= 11 is 6.10. The molecule has 0 fully saturated rings. The van der Waals surface area contributed by atoms with Crippen LogP contribution in [0.4, 0.5) is 0 Å². The maximum absolute atomic E-state index is 15.5. The summed E-state index contributed by atoms with van der Waals surface area (Å²) < 4.78 is 16.5. The van der Waals surface area contributed by atoms with Crippen molar-refractivity contribution in [3.05, 3.63) is 117 Å². The summed E-state index contributed by atoms with van der Waals surface area (Å²) in [5.74, 6) is -0.0772. The summed E-state index contributed by atoms with van der Waals surface area (Å²) in [5.41, 5.74) is 0.243. The zero-order valence-electron chi connectivity index (χ0n) is 18.0. The van der Waals surface area contributed by atoms with Gasteiger partial charge in [-0.3, -0.25) is 4.79 Å². The number of nitrogens with zero attached hydrogens (tertiary/aromatic N) is 5. The second kappa shape index (κ2) is 8.18. The molecule has 9 heteroatoms. The van der Waals surface area contributed by atoms with Crippen molar-refractivity contribution in [2.24, 2.45) is 5.10 Å². The lowest BCUT2D eigenvalue weighted by Gasteiger charge is -2.32. The van der Waals surface area contributed by atoms with Gasteiger partial charge >= 0.3 is 0 Å². The van der Waals surface area contributed by atoms with E-state index in [1.165, 1.54) is 6.92 Å². The van der Waals surface area contributed by atoms with Gasteiger partial charge in [0.2, 0.25) is 5.16 Å². The van der Waals surface area contributed by atoms with Crippen LogP contribution in [-0.2, 0) is 9.72 Å². The predicted octanol–water partition coefficient (Wildman–Crippen LogP) is 3.60. The first-order valence-corrected chi connectivity index (χ1v) is 12.5. The van der Waals surface area contributed by atoms with Gasteiger partial charge < -0.3 is 4.57 Å². The highest BCUT2D eigenvalue weighted by atomic mass is 35.5. The fourth-order valence-electron chi connectivity index (χ4n) is 4.20. The number of fused-ring (bicyclic) bond motifs is 1. The van der Waals surface area contributed by atoms with Gasteiger partial charge in [-0.05, 0) is 19.1 Å². The lowest BCUT2D eigenvalue weighted by Crippen LogP contribution is -2.42. The third-order valence-corrected chi connectivity index (χ3v) is 9.61. The van der Waals surface area contributed by atoms with Crippen molar-refractivity contribution in [2.75, 3.05) is 0 Å². The van der Waals surface area contributed by atoms with E-state index in [1.54, 1.807) is 72.8 Å². The van der Waals surface area contributed by atoms with Gasteiger partial charge in [0, 0.05) is 21.2 Å². The molecule has 34 heavy (non-hydrogen) atoms. The first kappa shape index (κ1) is 22.0. The molecular weight excluding hydrogens is 469 g/mol. The summed E-state index contributed by atoms with van der Waals surface area (Å²) in [6.45, 7) is 1.51. The number of halogens is 1. The van der Waals surface area contributed by atoms with Crippen LogP contribution in [0.15, 0.2) is 94.8 Å². The minimum atomic E-state index is -3.89. The molecule has 1 aliphatic heterocycles. The number of benzene rings is 3. The molecule has 0 N–H and O–H groups in total. The quantitative estimate of drug-likeness (QED) is 0.411. The molecule has 1 aromatic heterocycles. The van der Waals surface area contributed by atoms with Crippen molar-refractivity contribution in [2.45, 2.75) is 12.1 Å². The van der Waals surface area contributed by atoms with E-state index >= 15 is 4.57 Å². The van der Waals surface area contributed by atoms with Gasteiger partial charge in [0.1, 0.15) is 11.4 Å². The molecule has 0 aliphatic carbocycles. The molecule has 4 aromatic rings. The number of nitriles is 1. The van der Waals surface area contributed by atoms with E-state index in [4.69, 9.17) is 11.6 Å². The van der Waals surface area contributed by atoms with Crippen LogP contribution < -0.4 is 16.2 Å². The Balaban J connectivity index is 1.96. The van der Waals surface area contributed by atoms with Crippen molar-refractivity contribution in [3.8, 4) is 6.07 Å². The maximum atomic E-state index is 15.5. The first-order chi connectivity index (χ1) is 16.4. The Morgan fingerprint density at radius 2 is 1.47 bits per heavy atom. The van der Waals surface area contributed by atoms with E-state index in [-0.39, 0.29) is 17.2 Å².